The predicted octanol–water partition coefficient (Wildman–Crippen LogP) is 8.62. The number of allylic oxidation sites excluding steroid dienone is 1. The number of fused-ring (bicyclic) bond motifs is 6. The molecule has 2 nitrogen and oxygen atoms in total. The number of benzene rings is 6. The lowest BCUT2D eigenvalue weighted by atomic mass is 9.86. The van der Waals surface area contributed by atoms with Gasteiger partial charge in [0, 0.05) is 16.5 Å². The van der Waals surface area contributed by atoms with Gasteiger partial charge in [-0.1, -0.05) is 109 Å². The Morgan fingerprint density at radius 1 is 0.605 bits per heavy atom. The standard InChI is InChI=1S/C41H30N2/c1-2-12-28(13-3-1)41-42-38-19-8-9-20-40(38)43(41)39-24-23-34(32-16-6-7-17-35(32)39)33-18-10-14-29-25-30-22-21-27-11-4-5-15-31(27)36(30)26-37(29)33/h1-3,5-10,12-22,25-26H,4,11,23-24H2. The first-order valence-corrected chi connectivity index (χ1v) is 15.3. The van der Waals surface area contributed by atoms with Crippen LogP contribution < -0.4 is 10.4 Å². The van der Waals surface area contributed by atoms with Crippen LogP contribution in [0.1, 0.15) is 36.0 Å². The molecule has 0 spiro atoms. The van der Waals surface area contributed by atoms with E-state index < -0.39 is 0 Å². The van der Waals surface area contributed by atoms with Crippen molar-refractivity contribution in [1.82, 2.24) is 9.55 Å². The third kappa shape index (κ3) is 3.83. The lowest BCUT2D eigenvalue weighted by Gasteiger charge is -2.22. The number of hydrogen-bond acceptors (Lipinski definition) is 1. The molecule has 7 aromatic rings. The van der Waals surface area contributed by atoms with E-state index >= 15 is 0 Å². The maximum absolute atomic E-state index is 5.14. The van der Waals surface area contributed by atoms with Crippen molar-refractivity contribution in [3.05, 3.63) is 155 Å². The number of hydrogen-bond donors (Lipinski definition) is 0. The van der Waals surface area contributed by atoms with Crippen molar-refractivity contribution >= 4 is 49.9 Å². The van der Waals surface area contributed by atoms with Crippen molar-refractivity contribution in [3.63, 3.8) is 0 Å². The molecule has 0 aliphatic heterocycles. The number of rotatable bonds is 3. The molecule has 204 valence electrons. The van der Waals surface area contributed by atoms with Crippen LogP contribution in [0, 0.1) is 0 Å². The van der Waals surface area contributed by atoms with Gasteiger partial charge < -0.3 is 0 Å². The van der Waals surface area contributed by atoms with E-state index in [1.165, 1.54) is 59.9 Å². The Balaban J connectivity index is 1.35. The summed E-state index contributed by atoms with van der Waals surface area (Å²) in [6, 6.07) is 44.4. The zero-order valence-electron chi connectivity index (χ0n) is 23.9. The van der Waals surface area contributed by atoms with E-state index in [2.05, 4.69) is 138 Å². The second-order valence-electron chi connectivity index (χ2n) is 11.8. The van der Waals surface area contributed by atoms with Gasteiger partial charge in [-0.05, 0) is 99.0 Å². The molecular formula is C41H30N2. The van der Waals surface area contributed by atoms with Gasteiger partial charge in [0.05, 0.1) is 11.0 Å². The van der Waals surface area contributed by atoms with Crippen LogP contribution in [0.2, 0.25) is 0 Å². The molecule has 1 heterocycles. The smallest absolute Gasteiger partial charge is 0.145 e. The van der Waals surface area contributed by atoms with Gasteiger partial charge in [0.25, 0.3) is 0 Å². The molecule has 2 heteroatoms. The first-order chi connectivity index (χ1) is 21.3. The molecule has 0 bridgehead atoms. The highest BCUT2D eigenvalue weighted by Gasteiger charge is 2.21. The summed E-state index contributed by atoms with van der Waals surface area (Å²) in [5, 5.41) is 7.94. The molecule has 0 radical (unpaired) electrons. The average Bonchev–Trinajstić information content (AvgIpc) is 3.46. The van der Waals surface area contributed by atoms with E-state index in [0.29, 0.717) is 0 Å². The molecule has 0 fully saturated rings. The largest absolute Gasteiger partial charge is 0.295 e. The molecule has 0 N–H and O–H groups in total. The molecule has 0 unspecified atom stereocenters. The van der Waals surface area contributed by atoms with Gasteiger partial charge in [0.15, 0.2) is 0 Å². The Morgan fingerprint density at radius 2 is 1.42 bits per heavy atom. The third-order valence-corrected chi connectivity index (χ3v) is 9.38. The summed E-state index contributed by atoms with van der Waals surface area (Å²) >= 11 is 0. The van der Waals surface area contributed by atoms with E-state index in [0.717, 1.165) is 48.1 Å². The van der Waals surface area contributed by atoms with Gasteiger partial charge >= 0.3 is 0 Å². The van der Waals surface area contributed by atoms with Gasteiger partial charge in [-0.3, -0.25) is 4.57 Å². The van der Waals surface area contributed by atoms with Gasteiger partial charge in [-0.25, -0.2) is 4.98 Å². The molecule has 0 atom stereocenters. The quantitative estimate of drug-likeness (QED) is 0.201. The fourth-order valence-electron chi connectivity index (χ4n) is 7.39. The molecule has 0 saturated heterocycles. The molecule has 0 saturated carbocycles. The summed E-state index contributed by atoms with van der Waals surface area (Å²) in [7, 11) is 0. The third-order valence-electron chi connectivity index (χ3n) is 9.38. The van der Waals surface area contributed by atoms with Crippen LogP contribution in [0.5, 0.6) is 0 Å². The minimum Gasteiger partial charge on any atom is -0.295 e. The molecule has 2 aliphatic carbocycles. The summed E-state index contributed by atoms with van der Waals surface area (Å²) < 4.78 is 2.41. The first-order valence-electron chi connectivity index (χ1n) is 15.3. The van der Waals surface area contributed by atoms with Gasteiger partial charge in [0.2, 0.25) is 0 Å². The summed E-state index contributed by atoms with van der Waals surface area (Å²) in [4.78, 5) is 5.14. The van der Waals surface area contributed by atoms with Crippen LogP contribution in [0.25, 0.3) is 61.3 Å². The zero-order chi connectivity index (χ0) is 28.3. The average molecular weight is 551 g/mol. The number of para-hydroxylation sites is 2. The fraction of sp³-hybridized carbons (Fsp3) is 0.0976. The van der Waals surface area contributed by atoms with E-state index in [4.69, 9.17) is 4.98 Å². The lowest BCUT2D eigenvalue weighted by molar-refractivity contribution is 0.948. The summed E-state index contributed by atoms with van der Waals surface area (Å²) in [6.07, 6.45) is 8.82. The van der Waals surface area contributed by atoms with Crippen LogP contribution in [0.15, 0.2) is 127 Å². The summed E-state index contributed by atoms with van der Waals surface area (Å²) in [5.41, 5.74) is 10.3. The second-order valence-corrected chi connectivity index (χ2v) is 11.8. The van der Waals surface area contributed by atoms with Gasteiger partial charge in [-0.2, -0.15) is 0 Å². The molecule has 9 rings (SSSR count). The molecule has 2 aliphatic rings. The van der Waals surface area contributed by atoms with Crippen molar-refractivity contribution < 1.29 is 0 Å². The SMILES string of the molecule is C1=Cc2c(ccc3cc4cccc(C5=c6ccccc6=C(n6c(-c7ccccc7)nc7ccccc76)CC5)c4cc23)CC1. The minimum absolute atomic E-state index is 0.939. The maximum atomic E-state index is 5.14. The number of aromatic nitrogens is 2. The van der Waals surface area contributed by atoms with Crippen molar-refractivity contribution in [2.45, 2.75) is 25.7 Å². The first kappa shape index (κ1) is 24.4. The highest BCUT2D eigenvalue weighted by molar-refractivity contribution is 6.06. The van der Waals surface area contributed by atoms with Crippen LogP contribution in [0.4, 0.5) is 0 Å². The number of aryl methyl sites for hydroxylation is 1. The molecule has 1 aromatic heterocycles. The van der Waals surface area contributed by atoms with Crippen molar-refractivity contribution in [1.29, 1.82) is 0 Å². The monoisotopic (exact) mass is 550 g/mol. The number of nitrogens with zero attached hydrogens (tertiary/aromatic N) is 2. The van der Waals surface area contributed by atoms with Crippen molar-refractivity contribution in [2.75, 3.05) is 0 Å². The van der Waals surface area contributed by atoms with Crippen LogP contribution >= 0.6 is 0 Å². The molecule has 43 heavy (non-hydrogen) atoms. The normalized spacial score (nSPS) is 14.4. The Hall–Kier alpha value is -5.21. The number of imidazole rings is 1. The van der Waals surface area contributed by atoms with Crippen molar-refractivity contribution in [3.8, 4) is 11.4 Å². The maximum Gasteiger partial charge on any atom is 0.145 e. The highest BCUT2D eigenvalue weighted by atomic mass is 15.1. The molecule has 6 aromatic carbocycles. The Bertz CT molecular complexity index is 2390. The lowest BCUT2D eigenvalue weighted by Crippen LogP contribution is -2.34. The van der Waals surface area contributed by atoms with Crippen LogP contribution in [0.3, 0.4) is 0 Å². The molecular weight excluding hydrogens is 520 g/mol. The van der Waals surface area contributed by atoms with E-state index in [1.54, 1.807) is 0 Å². The predicted molar refractivity (Wildman–Crippen MR) is 180 cm³/mol. The summed E-state index contributed by atoms with van der Waals surface area (Å²) in [5.74, 6) is 1.00. The second kappa shape index (κ2) is 9.68. The Labute approximate surface area is 250 Å². The van der Waals surface area contributed by atoms with E-state index in [9.17, 15) is 0 Å². The van der Waals surface area contributed by atoms with E-state index in [1.807, 2.05) is 0 Å². The van der Waals surface area contributed by atoms with Crippen LogP contribution in [-0.4, -0.2) is 9.55 Å². The highest BCUT2D eigenvalue weighted by Crippen LogP contribution is 2.36. The summed E-state index contributed by atoms with van der Waals surface area (Å²) in [6.45, 7) is 0. The molecule has 0 amide bonds. The Kier molecular flexibility index (Phi) is 5.49. The minimum atomic E-state index is 0.939. The van der Waals surface area contributed by atoms with Gasteiger partial charge in [0.1, 0.15) is 5.82 Å². The van der Waals surface area contributed by atoms with E-state index in [-0.39, 0.29) is 0 Å². The van der Waals surface area contributed by atoms with Crippen LogP contribution in [-0.2, 0) is 6.42 Å². The topological polar surface area (TPSA) is 17.8 Å². The zero-order valence-corrected chi connectivity index (χ0v) is 23.9. The van der Waals surface area contributed by atoms with Crippen molar-refractivity contribution in [2.24, 2.45) is 0 Å². The van der Waals surface area contributed by atoms with Gasteiger partial charge in [-0.15, -0.1) is 0 Å². The Morgan fingerprint density at radius 3 is 2.35 bits per heavy atom. The fourth-order valence-corrected chi connectivity index (χ4v) is 7.39.